The Labute approximate surface area is 113 Å². The van der Waals surface area contributed by atoms with Gasteiger partial charge in [-0.2, -0.15) is 5.10 Å². The van der Waals surface area contributed by atoms with E-state index in [1.54, 1.807) is 18.6 Å². The second-order valence-electron chi connectivity index (χ2n) is 4.20. The van der Waals surface area contributed by atoms with Crippen LogP contribution in [0.25, 0.3) is 28.4 Å². The molecule has 4 heterocycles. The van der Waals surface area contributed by atoms with Gasteiger partial charge in [0.1, 0.15) is 12.0 Å². The molecule has 0 aliphatic rings. The average molecular weight is 263 g/mol. The number of nitrogens with zero attached hydrogens (tertiary/aromatic N) is 6. The maximum absolute atomic E-state index is 4.37. The Morgan fingerprint density at radius 1 is 1.00 bits per heavy atom. The molecule has 1 N–H and O–H groups in total. The molecule has 7 nitrogen and oxygen atoms in total. The molecule has 0 atom stereocenters. The predicted molar refractivity (Wildman–Crippen MR) is 72.0 cm³/mol. The number of nitrogens with one attached hydrogen (secondary N) is 1. The van der Waals surface area contributed by atoms with Crippen molar-refractivity contribution in [3.05, 3.63) is 49.3 Å². The van der Waals surface area contributed by atoms with Crippen LogP contribution in [-0.4, -0.2) is 34.7 Å². The van der Waals surface area contributed by atoms with Gasteiger partial charge < -0.3 is 0 Å². The second kappa shape index (κ2) is 4.23. The molecule has 7 heteroatoms. The van der Waals surface area contributed by atoms with Crippen LogP contribution in [-0.2, 0) is 0 Å². The van der Waals surface area contributed by atoms with E-state index >= 15 is 0 Å². The highest BCUT2D eigenvalue weighted by Gasteiger charge is 2.07. The SMILES string of the molecule is c1cnc2c(c1)ccn2-c1cnc(-c2ncn[nH]2)nc1. The van der Waals surface area contributed by atoms with Gasteiger partial charge in [-0.05, 0) is 18.2 Å². The minimum Gasteiger partial charge on any atom is -0.298 e. The smallest absolute Gasteiger partial charge is 0.197 e. The number of fused-ring (bicyclic) bond motifs is 1. The van der Waals surface area contributed by atoms with Gasteiger partial charge in [0.25, 0.3) is 0 Å². The fraction of sp³-hybridized carbons (Fsp3) is 0. The first-order valence-electron chi connectivity index (χ1n) is 6.02. The minimum absolute atomic E-state index is 0.510. The molecule has 0 radical (unpaired) electrons. The van der Waals surface area contributed by atoms with E-state index in [9.17, 15) is 0 Å². The van der Waals surface area contributed by atoms with E-state index in [2.05, 4.69) is 30.1 Å². The molecule has 4 aromatic rings. The van der Waals surface area contributed by atoms with Gasteiger partial charge in [0.2, 0.25) is 0 Å². The molecule has 0 saturated carbocycles. The highest BCUT2D eigenvalue weighted by atomic mass is 15.2. The highest BCUT2D eigenvalue weighted by molar-refractivity contribution is 5.77. The van der Waals surface area contributed by atoms with Gasteiger partial charge in [-0.1, -0.05) is 0 Å². The zero-order chi connectivity index (χ0) is 13.4. The maximum atomic E-state index is 4.37. The first-order chi connectivity index (χ1) is 9.92. The molecule has 0 amide bonds. The van der Waals surface area contributed by atoms with Gasteiger partial charge in [-0.3, -0.25) is 9.67 Å². The Morgan fingerprint density at radius 3 is 2.70 bits per heavy atom. The molecule has 0 aliphatic heterocycles. The number of hydrogen-bond acceptors (Lipinski definition) is 5. The molecular formula is C13H9N7. The highest BCUT2D eigenvalue weighted by Crippen LogP contribution is 2.17. The second-order valence-corrected chi connectivity index (χ2v) is 4.20. The Kier molecular flexibility index (Phi) is 2.28. The van der Waals surface area contributed by atoms with E-state index < -0.39 is 0 Å². The van der Waals surface area contributed by atoms with E-state index in [0.29, 0.717) is 11.6 Å². The number of aromatic amines is 1. The molecule has 0 fully saturated rings. The lowest BCUT2D eigenvalue weighted by atomic mass is 10.3. The summed E-state index contributed by atoms with van der Waals surface area (Å²) in [5, 5.41) is 7.59. The van der Waals surface area contributed by atoms with Crippen LogP contribution in [0, 0.1) is 0 Å². The Balaban J connectivity index is 1.79. The first kappa shape index (κ1) is 10.8. The molecule has 0 saturated heterocycles. The summed E-state index contributed by atoms with van der Waals surface area (Å²) in [5.41, 5.74) is 1.73. The van der Waals surface area contributed by atoms with Crippen molar-refractivity contribution in [3.8, 4) is 17.3 Å². The molecule has 0 unspecified atom stereocenters. The van der Waals surface area contributed by atoms with Crippen molar-refractivity contribution in [3.63, 3.8) is 0 Å². The van der Waals surface area contributed by atoms with Gasteiger partial charge in [0.05, 0.1) is 18.1 Å². The van der Waals surface area contributed by atoms with Crippen molar-refractivity contribution in [1.82, 2.24) is 34.7 Å². The van der Waals surface area contributed by atoms with Crippen molar-refractivity contribution < 1.29 is 0 Å². The lowest BCUT2D eigenvalue weighted by Crippen LogP contribution is -1.98. The van der Waals surface area contributed by atoms with Crippen LogP contribution in [0.15, 0.2) is 49.3 Å². The number of H-pyrrole nitrogens is 1. The van der Waals surface area contributed by atoms with Crippen LogP contribution in [0.1, 0.15) is 0 Å². The van der Waals surface area contributed by atoms with Crippen LogP contribution in [0.3, 0.4) is 0 Å². The summed E-state index contributed by atoms with van der Waals surface area (Å²) in [6.07, 6.45) is 8.61. The molecule has 0 aromatic carbocycles. The zero-order valence-electron chi connectivity index (χ0n) is 10.3. The van der Waals surface area contributed by atoms with Crippen molar-refractivity contribution >= 4 is 11.0 Å². The van der Waals surface area contributed by atoms with E-state index in [4.69, 9.17) is 0 Å². The molecule has 20 heavy (non-hydrogen) atoms. The van der Waals surface area contributed by atoms with Crippen LogP contribution in [0.5, 0.6) is 0 Å². The third-order valence-electron chi connectivity index (χ3n) is 2.99. The van der Waals surface area contributed by atoms with E-state index in [-0.39, 0.29) is 0 Å². The van der Waals surface area contributed by atoms with Crippen molar-refractivity contribution in [2.75, 3.05) is 0 Å². The Hall–Kier alpha value is -3.09. The summed E-state index contributed by atoms with van der Waals surface area (Å²) in [7, 11) is 0. The summed E-state index contributed by atoms with van der Waals surface area (Å²) < 4.78 is 1.94. The van der Waals surface area contributed by atoms with E-state index in [0.717, 1.165) is 16.7 Å². The molecule has 4 aromatic heterocycles. The molecule has 4 rings (SSSR count). The number of aromatic nitrogens is 7. The van der Waals surface area contributed by atoms with E-state index in [1.807, 2.05) is 29.0 Å². The fourth-order valence-corrected chi connectivity index (χ4v) is 2.06. The third-order valence-corrected chi connectivity index (χ3v) is 2.99. The topological polar surface area (TPSA) is 85.2 Å². The van der Waals surface area contributed by atoms with Gasteiger partial charge in [0.15, 0.2) is 11.6 Å². The average Bonchev–Trinajstić information content (AvgIpc) is 3.17. The van der Waals surface area contributed by atoms with Gasteiger partial charge >= 0.3 is 0 Å². The molecular weight excluding hydrogens is 254 g/mol. The van der Waals surface area contributed by atoms with Gasteiger partial charge in [-0.15, -0.1) is 0 Å². The summed E-state index contributed by atoms with van der Waals surface area (Å²) in [5.74, 6) is 1.06. The van der Waals surface area contributed by atoms with Crippen LogP contribution >= 0.6 is 0 Å². The predicted octanol–water partition coefficient (Wildman–Crippen LogP) is 1.60. The molecule has 0 spiro atoms. The van der Waals surface area contributed by atoms with Crippen LogP contribution < -0.4 is 0 Å². The van der Waals surface area contributed by atoms with Gasteiger partial charge in [-0.25, -0.2) is 19.9 Å². The van der Waals surface area contributed by atoms with Crippen molar-refractivity contribution in [1.29, 1.82) is 0 Å². The van der Waals surface area contributed by atoms with Gasteiger partial charge in [0, 0.05) is 17.8 Å². The maximum Gasteiger partial charge on any atom is 0.197 e. The lowest BCUT2D eigenvalue weighted by Gasteiger charge is -2.03. The largest absolute Gasteiger partial charge is 0.298 e. The van der Waals surface area contributed by atoms with Crippen LogP contribution in [0.4, 0.5) is 0 Å². The lowest BCUT2D eigenvalue weighted by molar-refractivity contribution is 1.01. The summed E-state index contributed by atoms with van der Waals surface area (Å²) in [6, 6.07) is 5.94. The Morgan fingerprint density at radius 2 is 1.90 bits per heavy atom. The number of pyridine rings is 1. The first-order valence-corrected chi connectivity index (χ1v) is 6.02. The molecule has 96 valence electrons. The standard InChI is InChI=1S/C13H9N7/c1-2-9-3-5-20(13(9)14-4-1)10-6-15-11(16-7-10)12-17-8-18-19-12/h1-8H,(H,17,18,19). The monoisotopic (exact) mass is 263 g/mol. The fourth-order valence-electron chi connectivity index (χ4n) is 2.06. The summed E-state index contributed by atoms with van der Waals surface area (Å²) >= 11 is 0. The summed E-state index contributed by atoms with van der Waals surface area (Å²) in [6.45, 7) is 0. The summed E-state index contributed by atoms with van der Waals surface area (Å²) in [4.78, 5) is 17.0. The zero-order valence-corrected chi connectivity index (χ0v) is 10.3. The number of hydrogen-bond donors (Lipinski definition) is 1. The molecule has 0 aliphatic carbocycles. The van der Waals surface area contributed by atoms with Crippen molar-refractivity contribution in [2.24, 2.45) is 0 Å². The van der Waals surface area contributed by atoms with E-state index in [1.165, 1.54) is 6.33 Å². The quantitative estimate of drug-likeness (QED) is 0.593. The third kappa shape index (κ3) is 1.64. The number of rotatable bonds is 2. The Bertz CT molecular complexity index is 846. The van der Waals surface area contributed by atoms with Crippen LogP contribution in [0.2, 0.25) is 0 Å². The van der Waals surface area contributed by atoms with Crippen molar-refractivity contribution in [2.45, 2.75) is 0 Å². The minimum atomic E-state index is 0.510. The normalized spacial score (nSPS) is 11.0. The molecule has 0 bridgehead atoms.